The van der Waals surface area contributed by atoms with Gasteiger partial charge in [0, 0.05) is 0 Å². The smallest absolute Gasteiger partial charge is 0.0598 e. The highest BCUT2D eigenvalue weighted by Gasteiger charge is 2.05. The molecule has 0 heterocycles. The fourth-order valence-electron chi connectivity index (χ4n) is 1.40. The van der Waals surface area contributed by atoms with Gasteiger partial charge in [-0.1, -0.05) is 47.5 Å². The Morgan fingerprint density at radius 2 is 1.93 bits per heavy atom. The summed E-state index contributed by atoms with van der Waals surface area (Å²) >= 11 is 11.8. The standard InChI is InChI=1S/C12H9Cl2/c13-11-7-6-10(8-12(11)14)9-4-2-1-3-5-9/h1-2,4-8H,3H2. The van der Waals surface area contributed by atoms with E-state index in [-0.39, 0.29) is 0 Å². The first-order valence-electron chi connectivity index (χ1n) is 4.43. The Bertz CT molecular complexity index is 403. The summed E-state index contributed by atoms with van der Waals surface area (Å²) in [5.41, 5.74) is 2.31. The molecular weight excluding hydrogens is 215 g/mol. The van der Waals surface area contributed by atoms with Crippen molar-refractivity contribution in [2.24, 2.45) is 0 Å². The van der Waals surface area contributed by atoms with Gasteiger partial charge in [-0.2, -0.15) is 0 Å². The molecule has 1 radical (unpaired) electrons. The summed E-state index contributed by atoms with van der Waals surface area (Å²) in [5.74, 6) is 0. The largest absolute Gasteiger partial charge is 0.0839 e. The highest BCUT2D eigenvalue weighted by Crippen LogP contribution is 2.28. The summed E-state index contributed by atoms with van der Waals surface area (Å²) in [6.45, 7) is 0. The zero-order chi connectivity index (χ0) is 9.97. The first-order chi connectivity index (χ1) is 6.77. The normalized spacial score (nSPS) is 15.4. The molecule has 71 valence electrons. The minimum absolute atomic E-state index is 0.599. The number of allylic oxidation sites excluding steroid dienone is 4. The minimum atomic E-state index is 0.599. The highest BCUT2D eigenvalue weighted by molar-refractivity contribution is 6.42. The van der Waals surface area contributed by atoms with E-state index in [1.54, 1.807) is 0 Å². The molecule has 0 aromatic heterocycles. The van der Waals surface area contributed by atoms with Crippen molar-refractivity contribution in [1.82, 2.24) is 0 Å². The van der Waals surface area contributed by atoms with Gasteiger partial charge in [-0.25, -0.2) is 0 Å². The first kappa shape index (κ1) is 9.82. The van der Waals surface area contributed by atoms with Crippen LogP contribution in [0.5, 0.6) is 0 Å². The molecule has 1 aliphatic rings. The van der Waals surface area contributed by atoms with Crippen LogP contribution in [0, 0.1) is 6.42 Å². The predicted octanol–water partition coefficient (Wildman–Crippen LogP) is 4.54. The Balaban J connectivity index is 2.37. The summed E-state index contributed by atoms with van der Waals surface area (Å²) in [6, 6.07) is 5.70. The van der Waals surface area contributed by atoms with Crippen LogP contribution in [0.25, 0.3) is 5.57 Å². The van der Waals surface area contributed by atoms with Crippen LogP contribution in [0.15, 0.2) is 36.4 Å². The molecule has 0 atom stereocenters. The lowest BCUT2D eigenvalue weighted by molar-refractivity contribution is 1.27. The van der Waals surface area contributed by atoms with E-state index in [0.29, 0.717) is 10.0 Å². The number of hydrogen-bond acceptors (Lipinski definition) is 0. The van der Waals surface area contributed by atoms with Gasteiger partial charge in [0.1, 0.15) is 0 Å². The van der Waals surface area contributed by atoms with Crippen LogP contribution in [0.4, 0.5) is 0 Å². The second-order valence-corrected chi connectivity index (χ2v) is 3.93. The first-order valence-corrected chi connectivity index (χ1v) is 5.18. The van der Waals surface area contributed by atoms with E-state index in [0.717, 1.165) is 12.0 Å². The van der Waals surface area contributed by atoms with E-state index in [4.69, 9.17) is 23.2 Å². The number of hydrogen-bond donors (Lipinski definition) is 0. The van der Waals surface area contributed by atoms with Gasteiger partial charge < -0.3 is 0 Å². The maximum atomic E-state index is 5.94. The summed E-state index contributed by atoms with van der Waals surface area (Å²) in [4.78, 5) is 0. The van der Waals surface area contributed by atoms with Crippen LogP contribution in [-0.4, -0.2) is 0 Å². The molecule has 0 saturated carbocycles. The van der Waals surface area contributed by atoms with Gasteiger partial charge in [-0.3, -0.25) is 0 Å². The van der Waals surface area contributed by atoms with E-state index in [2.05, 4.69) is 24.6 Å². The van der Waals surface area contributed by atoms with Crippen molar-refractivity contribution < 1.29 is 0 Å². The molecule has 1 aromatic carbocycles. The van der Waals surface area contributed by atoms with Crippen LogP contribution < -0.4 is 0 Å². The Hall–Kier alpha value is -0.720. The van der Waals surface area contributed by atoms with Crippen molar-refractivity contribution in [2.75, 3.05) is 0 Å². The molecule has 0 fully saturated rings. The third-order valence-corrected chi connectivity index (χ3v) is 2.88. The zero-order valence-electron chi connectivity index (χ0n) is 7.50. The van der Waals surface area contributed by atoms with E-state index in [1.807, 2.05) is 18.2 Å². The predicted molar refractivity (Wildman–Crippen MR) is 62.5 cm³/mol. The lowest BCUT2D eigenvalue weighted by Gasteiger charge is -2.09. The molecule has 2 heteroatoms. The van der Waals surface area contributed by atoms with E-state index >= 15 is 0 Å². The van der Waals surface area contributed by atoms with Crippen LogP contribution >= 0.6 is 23.2 Å². The van der Waals surface area contributed by atoms with Gasteiger partial charge in [0.05, 0.1) is 10.0 Å². The topological polar surface area (TPSA) is 0 Å². The van der Waals surface area contributed by atoms with Gasteiger partial charge in [-0.05, 0) is 36.1 Å². The van der Waals surface area contributed by atoms with Crippen LogP contribution in [0.2, 0.25) is 10.0 Å². The minimum Gasteiger partial charge on any atom is -0.0839 e. The SMILES string of the molecule is Clc1ccc(C2=CC=CC[CH]2)cc1Cl. The molecule has 0 saturated heterocycles. The number of benzene rings is 1. The van der Waals surface area contributed by atoms with Gasteiger partial charge >= 0.3 is 0 Å². The fraction of sp³-hybridized carbons (Fsp3) is 0.0833. The molecule has 0 unspecified atom stereocenters. The molecule has 0 amide bonds. The summed E-state index contributed by atoms with van der Waals surface area (Å²) in [6.07, 6.45) is 9.38. The van der Waals surface area contributed by atoms with Crippen molar-refractivity contribution in [2.45, 2.75) is 6.42 Å². The lowest BCUT2D eigenvalue weighted by Crippen LogP contribution is -1.88. The Morgan fingerprint density at radius 1 is 1.07 bits per heavy atom. The second-order valence-electron chi connectivity index (χ2n) is 3.12. The van der Waals surface area contributed by atoms with E-state index in [9.17, 15) is 0 Å². The van der Waals surface area contributed by atoms with E-state index in [1.165, 1.54) is 5.57 Å². The van der Waals surface area contributed by atoms with Crippen LogP contribution in [0.3, 0.4) is 0 Å². The van der Waals surface area contributed by atoms with Crippen LogP contribution in [0.1, 0.15) is 12.0 Å². The Morgan fingerprint density at radius 3 is 2.57 bits per heavy atom. The molecule has 1 aromatic rings. The summed E-state index contributed by atoms with van der Waals surface area (Å²) in [5, 5.41) is 1.20. The van der Waals surface area contributed by atoms with Crippen molar-refractivity contribution in [1.29, 1.82) is 0 Å². The monoisotopic (exact) mass is 223 g/mol. The Kier molecular flexibility index (Phi) is 2.95. The molecular formula is C12H9Cl2. The summed E-state index contributed by atoms with van der Waals surface area (Å²) < 4.78 is 0. The molecule has 0 spiro atoms. The van der Waals surface area contributed by atoms with Gasteiger partial charge in [-0.15, -0.1) is 0 Å². The quantitative estimate of drug-likeness (QED) is 0.656. The zero-order valence-corrected chi connectivity index (χ0v) is 9.02. The molecule has 0 bridgehead atoms. The molecule has 0 N–H and O–H groups in total. The maximum Gasteiger partial charge on any atom is 0.0598 e. The Labute approximate surface area is 93.8 Å². The fourth-order valence-corrected chi connectivity index (χ4v) is 1.70. The van der Waals surface area contributed by atoms with Crippen LogP contribution in [-0.2, 0) is 0 Å². The van der Waals surface area contributed by atoms with Crippen molar-refractivity contribution in [3.05, 3.63) is 58.5 Å². The number of halogens is 2. The van der Waals surface area contributed by atoms with E-state index < -0.39 is 0 Å². The maximum absolute atomic E-state index is 5.94. The molecule has 0 nitrogen and oxygen atoms in total. The third-order valence-electron chi connectivity index (χ3n) is 2.14. The van der Waals surface area contributed by atoms with Gasteiger partial charge in [0.15, 0.2) is 0 Å². The molecule has 1 aliphatic carbocycles. The second kappa shape index (κ2) is 4.20. The third kappa shape index (κ3) is 2.02. The average Bonchev–Trinajstić information content (AvgIpc) is 2.23. The van der Waals surface area contributed by atoms with Crippen molar-refractivity contribution >= 4 is 28.8 Å². The van der Waals surface area contributed by atoms with Gasteiger partial charge in [0.25, 0.3) is 0 Å². The van der Waals surface area contributed by atoms with Crippen molar-refractivity contribution in [3.8, 4) is 0 Å². The molecule has 2 rings (SSSR count). The number of rotatable bonds is 1. The summed E-state index contributed by atoms with van der Waals surface area (Å²) in [7, 11) is 0. The molecule has 14 heavy (non-hydrogen) atoms. The average molecular weight is 224 g/mol. The lowest BCUT2D eigenvalue weighted by atomic mass is 9.98. The van der Waals surface area contributed by atoms with Gasteiger partial charge in [0.2, 0.25) is 0 Å². The van der Waals surface area contributed by atoms with Crippen molar-refractivity contribution in [3.63, 3.8) is 0 Å². The highest BCUT2D eigenvalue weighted by atomic mass is 35.5. The molecule has 0 aliphatic heterocycles.